The van der Waals surface area contributed by atoms with E-state index in [0.29, 0.717) is 6.08 Å². The van der Waals surface area contributed by atoms with Crippen molar-refractivity contribution >= 4 is 34.8 Å². The minimum absolute atomic E-state index is 0.0484. The first-order chi connectivity index (χ1) is 16.9. The van der Waals surface area contributed by atoms with Gasteiger partial charge in [0, 0.05) is 22.6 Å². The van der Waals surface area contributed by atoms with Crippen LogP contribution in [-0.4, -0.2) is 30.1 Å². The van der Waals surface area contributed by atoms with E-state index in [4.69, 9.17) is 28.0 Å². The summed E-state index contributed by atoms with van der Waals surface area (Å²) in [6.07, 6.45) is -2.73. The predicted octanol–water partition coefficient (Wildman–Crippen LogP) is 5.75. The van der Waals surface area contributed by atoms with Crippen molar-refractivity contribution in [1.29, 1.82) is 5.26 Å². The summed E-state index contributed by atoms with van der Waals surface area (Å²) in [7, 11) is 0. The number of amides is 1. The third-order valence-corrected chi connectivity index (χ3v) is 7.11. The molecule has 1 saturated heterocycles. The van der Waals surface area contributed by atoms with Gasteiger partial charge in [-0.2, -0.15) is 18.4 Å². The second-order valence-corrected chi connectivity index (χ2v) is 9.87. The summed E-state index contributed by atoms with van der Waals surface area (Å²) in [6, 6.07) is 7.31. The summed E-state index contributed by atoms with van der Waals surface area (Å²) in [5, 5.41) is 8.39. The summed E-state index contributed by atoms with van der Waals surface area (Å²) in [5.74, 6) is -1.25. The van der Waals surface area contributed by atoms with E-state index in [2.05, 4.69) is 5.48 Å². The minimum atomic E-state index is -5.02. The van der Waals surface area contributed by atoms with E-state index < -0.39 is 38.9 Å². The Bertz CT molecular complexity index is 1320. The summed E-state index contributed by atoms with van der Waals surface area (Å²) in [4.78, 5) is 18.5. The van der Waals surface area contributed by atoms with Crippen molar-refractivity contribution in [3.8, 4) is 6.07 Å². The highest BCUT2D eigenvalue weighted by molar-refractivity contribution is 6.35. The van der Waals surface area contributed by atoms with Gasteiger partial charge >= 0.3 is 6.18 Å². The van der Waals surface area contributed by atoms with Gasteiger partial charge in [-0.1, -0.05) is 35.3 Å². The number of hydroxylamine groups is 1. The Morgan fingerprint density at radius 1 is 1.17 bits per heavy atom. The van der Waals surface area contributed by atoms with E-state index in [1.165, 1.54) is 23.1 Å². The van der Waals surface area contributed by atoms with Crippen molar-refractivity contribution in [2.75, 3.05) is 13.1 Å². The number of benzene rings is 2. The predicted molar refractivity (Wildman–Crippen MR) is 120 cm³/mol. The molecule has 0 aromatic heterocycles. The first-order valence-corrected chi connectivity index (χ1v) is 11.6. The number of nitriles is 1. The van der Waals surface area contributed by atoms with Crippen LogP contribution >= 0.6 is 23.2 Å². The quantitative estimate of drug-likeness (QED) is 0.393. The van der Waals surface area contributed by atoms with Gasteiger partial charge in [0.1, 0.15) is 0 Å². The Labute approximate surface area is 212 Å². The van der Waals surface area contributed by atoms with Crippen LogP contribution in [-0.2, 0) is 20.9 Å². The second-order valence-electron chi connectivity index (χ2n) is 9.06. The van der Waals surface area contributed by atoms with Gasteiger partial charge in [0.25, 0.3) is 0 Å². The molecular weight excluding hydrogens is 528 g/mol. The van der Waals surface area contributed by atoms with Crippen LogP contribution in [0.15, 0.2) is 36.4 Å². The van der Waals surface area contributed by atoms with Gasteiger partial charge in [-0.25, -0.2) is 8.78 Å². The molecule has 0 spiro atoms. The fourth-order valence-electron chi connectivity index (χ4n) is 4.42. The Hall–Kier alpha value is -2.87. The summed E-state index contributed by atoms with van der Waals surface area (Å²) in [6.45, 7) is -0.382. The topological polar surface area (TPSA) is 65.4 Å². The number of nitrogens with one attached hydrogen (secondary N) is 1. The highest BCUT2D eigenvalue weighted by atomic mass is 35.5. The standard InChI is InChI=1S/C24H16Cl2F5N3O2/c25-17-6-15(7-18(26)20(17)27)23(24(29,30)31)8-19(33-36-23)13-3-4-16(14(5-13)9-32)22(28)10-34(11-22)21(35)12-1-2-12/h3-8,12,33H,1-2,10-11H2. The van der Waals surface area contributed by atoms with Crippen molar-refractivity contribution < 1.29 is 31.6 Å². The molecule has 5 nitrogen and oxygen atoms in total. The van der Waals surface area contributed by atoms with E-state index in [1.807, 2.05) is 6.07 Å². The van der Waals surface area contributed by atoms with E-state index >= 15 is 4.39 Å². The van der Waals surface area contributed by atoms with Crippen LogP contribution in [0.1, 0.15) is 35.1 Å². The smallest absolute Gasteiger partial charge is 0.335 e. The molecule has 2 fully saturated rings. The fourth-order valence-corrected chi connectivity index (χ4v) is 4.91. The lowest BCUT2D eigenvalue weighted by molar-refractivity contribution is -0.269. The maximum Gasteiger partial charge on any atom is 0.428 e. The van der Waals surface area contributed by atoms with Gasteiger partial charge in [0.05, 0.1) is 40.5 Å². The van der Waals surface area contributed by atoms with Gasteiger partial charge in [0.15, 0.2) is 11.5 Å². The molecule has 1 saturated carbocycles. The lowest BCUT2D eigenvalue weighted by Gasteiger charge is -2.45. The van der Waals surface area contributed by atoms with Gasteiger partial charge in [-0.3, -0.25) is 15.1 Å². The Balaban J connectivity index is 1.48. The molecule has 2 aromatic rings. The molecular formula is C24H16Cl2F5N3O2. The number of likely N-dealkylation sites (tertiary alicyclic amines) is 1. The summed E-state index contributed by atoms with van der Waals surface area (Å²) < 4.78 is 72.0. The number of hydrogen-bond acceptors (Lipinski definition) is 4. The van der Waals surface area contributed by atoms with Gasteiger partial charge in [-0.05, 0) is 37.1 Å². The Morgan fingerprint density at radius 2 is 1.81 bits per heavy atom. The van der Waals surface area contributed by atoms with Crippen LogP contribution in [0.5, 0.6) is 0 Å². The largest absolute Gasteiger partial charge is 0.428 e. The van der Waals surface area contributed by atoms with Gasteiger partial charge in [0.2, 0.25) is 11.5 Å². The zero-order chi connectivity index (χ0) is 26.0. The number of halogens is 7. The van der Waals surface area contributed by atoms with E-state index in [0.717, 1.165) is 25.0 Å². The zero-order valence-corrected chi connectivity index (χ0v) is 19.7. The molecule has 12 heteroatoms. The number of carbonyl (C=O) groups is 1. The van der Waals surface area contributed by atoms with Gasteiger partial charge in [-0.15, -0.1) is 0 Å². The molecule has 2 heterocycles. The lowest BCUT2D eigenvalue weighted by atomic mass is 9.83. The maximum atomic E-state index is 15.5. The Morgan fingerprint density at radius 3 is 2.36 bits per heavy atom. The summed E-state index contributed by atoms with van der Waals surface area (Å²) in [5.41, 5.74) is -3.43. The molecule has 188 valence electrons. The van der Waals surface area contributed by atoms with E-state index in [1.54, 1.807) is 0 Å². The van der Waals surface area contributed by atoms with E-state index in [-0.39, 0.29) is 47.3 Å². The third kappa shape index (κ3) is 3.90. The second kappa shape index (κ2) is 8.33. The highest BCUT2D eigenvalue weighted by Crippen LogP contribution is 2.49. The molecule has 0 radical (unpaired) electrons. The van der Waals surface area contributed by atoms with Crippen LogP contribution in [0.3, 0.4) is 0 Å². The minimum Gasteiger partial charge on any atom is -0.335 e. The van der Waals surface area contributed by atoms with Crippen molar-refractivity contribution in [3.05, 3.63) is 74.5 Å². The van der Waals surface area contributed by atoms with Crippen molar-refractivity contribution in [2.45, 2.75) is 30.3 Å². The van der Waals surface area contributed by atoms with Crippen molar-refractivity contribution in [3.63, 3.8) is 0 Å². The maximum absolute atomic E-state index is 15.5. The third-order valence-electron chi connectivity index (χ3n) is 6.56. The average Bonchev–Trinajstić information content (AvgIpc) is 3.56. The number of hydrogen-bond donors (Lipinski definition) is 1. The molecule has 1 aliphatic carbocycles. The SMILES string of the molecule is N#Cc1cc(C2=CC(c3cc(Cl)c(F)c(Cl)c3)(C(F)(F)F)ON2)ccc1C1(F)CN(C(=O)C2CC2)C1. The highest BCUT2D eigenvalue weighted by Gasteiger charge is 2.60. The van der Waals surface area contributed by atoms with Crippen LogP contribution < -0.4 is 5.48 Å². The average molecular weight is 544 g/mol. The Kier molecular flexibility index (Phi) is 5.74. The number of nitrogens with zero attached hydrogens (tertiary/aromatic N) is 2. The lowest BCUT2D eigenvalue weighted by Crippen LogP contribution is -2.59. The first kappa shape index (κ1) is 24.8. The van der Waals surface area contributed by atoms with Crippen LogP contribution in [0.2, 0.25) is 10.0 Å². The van der Waals surface area contributed by atoms with Crippen LogP contribution in [0, 0.1) is 23.1 Å². The van der Waals surface area contributed by atoms with Crippen molar-refractivity contribution in [2.24, 2.45) is 5.92 Å². The van der Waals surface area contributed by atoms with Gasteiger partial charge < -0.3 is 4.90 Å². The molecule has 2 aliphatic heterocycles. The number of carbonyl (C=O) groups excluding carboxylic acids is 1. The molecule has 5 rings (SSSR count). The fraction of sp³-hybridized carbons (Fsp3) is 0.333. The molecule has 36 heavy (non-hydrogen) atoms. The zero-order valence-electron chi connectivity index (χ0n) is 18.2. The summed E-state index contributed by atoms with van der Waals surface area (Å²) >= 11 is 11.4. The molecule has 1 unspecified atom stereocenters. The number of alkyl halides is 4. The molecule has 3 aliphatic rings. The van der Waals surface area contributed by atoms with Crippen LogP contribution in [0.4, 0.5) is 22.0 Å². The normalized spacial score (nSPS) is 22.9. The van der Waals surface area contributed by atoms with Crippen molar-refractivity contribution in [1.82, 2.24) is 10.4 Å². The number of rotatable bonds is 4. The molecule has 1 amide bonds. The molecule has 2 aromatic carbocycles. The molecule has 0 bridgehead atoms. The molecule has 1 atom stereocenters. The van der Waals surface area contributed by atoms with Crippen LogP contribution in [0.25, 0.3) is 5.70 Å². The molecule has 1 N–H and O–H groups in total. The first-order valence-electron chi connectivity index (χ1n) is 10.8. The monoisotopic (exact) mass is 543 g/mol. The van der Waals surface area contributed by atoms with E-state index in [9.17, 15) is 27.6 Å².